The predicted molar refractivity (Wildman–Crippen MR) is 156 cm³/mol. The molecule has 0 saturated carbocycles. The maximum atomic E-state index is 12.3. The zero-order valence-electron chi connectivity index (χ0n) is 24.2. The molecule has 0 aromatic heterocycles. The lowest BCUT2D eigenvalue weighted by Crippen LogP contribution is -2.54. The number of rotatable bonds is 26. The molecule has 0 radical (unpaired) electrons. The van der Waals surface area contributed by atoms with Crippen LogP contribution in [0, 0.1) is 0 Å². The number of aliphatic hydroxyl groups is 1. The Labute approximate surface area is 226 Å². The Morgan fingerprint density at radius 3 is 1.37 bits per heavy atom. The van der Waals surface area contributed by atoms with Gasteiger partial charge in [-0.2, -0.15) is 0 Å². The topological polar surface area (TPSA) is 52.6 Å². The lowest BCUT2D eigenvalue weighted by atomic mass is 10.00. The Balaban J connectivity index is 0. The third-order valence-electron chi connectivity index (χ3n) is 7.17. The Kier molecular flexibility index (Phi) is 28.1. The van der Waals surface area contributed by atoms with E-state index in [4.69, 9.17) is 0 Å². The van der Waals surface area contributed by atoms with Crippen molar-refractivity contribution in [1.82, 2.24) is 10.4 Å². The number of nitrogens with one attached hydrogen (secondary N) is 1. The smallest absolute Gasteiger partial charge is 0.234 e. The number of hydrogen-bond acceptors (Lipinski definition) is 3. The van der Waals surface area contributed by atoms with Crippen LogP contribution in [0.5, 0.6) is 0 Å². The van der Waals surface area contributed by atoms with Gasteiger partial charge in [-0.05, 0) is 33.1 Å². The van der Waals surface area contributed by atoms with E-state index in [1.807, 2.05) is 5.01 Å². The number of hydrogen-bond donors (Lipinski definition) is 2. The number of nitrogens with zero attached hydrogens (tertiary/aromatic N) is 1. The van der Waals surface area contributed by atoms with Gasteiger partial charge >= 0.3 is 0 Å². The van der Waals surface area contributed by atoms with Gasteiger partial charge in [0.2, 0.25) is 5.91 Å². The predicted octanol–water partition coefficient (Wildman–Crippen LogP) is 9.13. The van der Waals surface area contributed by atoms with Gasteiger partial charge in [0, 0.05) is 25.1 Å². The molecule has 0 fully saturated rings. The van der Waals surface area contributed by atoms with Crippen LogP contribution in [0.3, 0.4) is 0 Å². The van der Waals surface area contributed by atoms with Crippen molar-refractivity contribution in [1.29, 1.82) is 0 Å². The van der Waals surface area contributed by atoms with Crippen molar-refractivity contribution in [3.63, 3.8) is 0 Å². The van der Waals surface area contributed by atoms with Gasteiger partial charge in [0.1, 0.15) is 0 Å². The first-order chi connectivity index (χ1) is 16.5. The summed E-state index contributed by atoms with van der Waals surface area (Å²) in [5.41, 5.74) is 2.87. The van der Waals surface area contributed by atoms with Crippen molar-refractivity contribution in [2.75, 3.05) is 13.2 Å². The van der Waals surface area contributed by atoms with Crippen LogP contribution in [-0.4, -0.2) is 34.7 Å². The van der Waals surface area contributed by atoms with Gasteiger partial charge in [0.15, 0.2) is 0 Å². The lowest BCUT2D eigenvalue weighted by Gasteiger charge is -2.38. The second-order valence-corrected chi connectivity index (χ2v) is 11.1. The summed E-state index contributed by atoms with van der Waals surface area (Å²) in [4.78, 5) is 12.3. The molecule has 1 amide bonds. The van der Waals surface area contributed by atoms with E-state index in [9.17, 15) is 9.90 Å². The summed E-state index contributed by atoms with van der Waals surface area (Å²) in [6, 6.07) is 0. The van der Waals surface area contributed by atoms with Crippen LogP contribution < -0.4 is 5.43 Å². The summed E-state index contributed by atoms with van der Waals surface area (Å²) < 4.78 is 0. The monoisotopic (exact) mass is 518 g/mol. The standard InChI is InChI=1S/C30H62N2O2.ClH/c1-5-7-8-9-10-11-12-13-14-15-16-17-18-19-20-21-22-23-24-25-29(34)31-32(27-6-2)30(3,4)26-28-33;/h33H,5-28H2,1-4H3,(H,31,34);1H. The molecular weight excluding hydrogens is 456 g/mol. The highest BCUT2D eigenvalue weighted by molar-refractivity contribution is 5.85. The fourth-order valence-corrected chi connectivity index (χ4v) is 4.71. The molecule has 0 aliphatic carbocycles. The van der Waals surface area contributed by atoms with E-state index in [-0.39, 0.29) is 30.5 Å². The molecule has 0 aromatic rings. The third kappa shape index (κ3) is 23.8. The van der Waals surface area contributed by atoms with Crippen LogP contribution in [-0.2, 0) is 4.79 Å². The molecule has 35 heavy (non-hydrogen) atoms. The minimum Gasteiger partial charge on any atom is -0.396 e. The van der Waals surface area contributed by atoms with Gasteiger partial charge in [0.25, 0.3) is 0 Å². The summed E-state index contributed by atoms with van der Waals surface area (Å²) in [7, 11) is 0. The molecule has 0 heterocycles. The van der Waals surface area contributed by atoms with Crippen LogP contribution in [0.25, 0.3) is 0 Å². The second-order valence-electron chi connectivity index (χ2n) is 11.1. The number of unbranched alkanes of at least 4 members (excludes halogenated alkanes) is 18. The van der Waals surface area contributed by atoms with Gasteiger partial charge < -0.3 is 5.11 Å². The molecule has 0 rings (SSSR count). The highest BCUT2D eigenvalue weighted by atomic mass is 35.5. The highest BCUT2D eigenvalue weighted by Crippen LogP contribution is 2.18. The summed E-state index contributed by atoms with van der Waals surface area (Å²) >= 11 is 0. The number of carbonyl (C=O) groups excluding carboxylic acids is 1. The van der Waals surface area contributed by atoms with Crippen LogP contribution >= 0.6 is 12.4 Å². The van der Waals surface area contributed by atoms with Crippen molar-refractivity contribution in [3.05, 3.63) is 0 Å². The molecule has 212 valence electrons. The first kappa shape index (κ1) is 36.8. The quantitative estimate of drug-likeness (QED) is 0.0885. The van der Waals surface area contributed by atoms with Crippen molar-refractivity contribution >= 4 is 18.3 Å². The Hall–Kier alpha value is -0.320. The van der Waals surface area contributed by atoms with Gasteiger partial charge in [-0.25, -0.2) is 5.01 Å². The molecule has 0 atom stereocenters. The van der Waals surface area contributed by atoms with Crippen molar-refractivity contribution in [3.8, 4) is 0 Å². The van der Waals surface area contributed by atoms with E-state index in [1.54, 1.807) is 0 Å². The number of carbonyl (C=O) groups is 1. The summed E-state index contributed by atoms with van der Waals surface area (Å²) in [5, 5.41) is 11.3. The Morgan fingerprint density at radius 2 is 1.03 bits per heavy atom. The van der Waals surface area contributed by atoms with Crippen LogP contribution in [0.1, 0.15) is 169 Å². The van der Waals surface area contributed by atoms with E-state index < -0.39 is 0 Å². The largest absolute Gasteiger partial charge is 0.396 e. The van der Waals surface area contributed by atoms with E-state index >= 15 is 0 Å². The van der Waals surface area contributed by atoms with E-state index in [1.165, 1.54) is 109 Å². The minimum atomic E-state index is -0.214. The molecule has 0 spiro atoms. The van der Waals surface area contributed by atoms with Crippen molar-refractivity contribution < 1.29 is 9.90 Å². The fraction of sp³-hybridized carbons (Fsp3) is 0.967. The van der Waals surface area contributed by atoms with E-state index in [2.05, 4.69) is 33.1 Å². The average molecular weight is 519 g/mol. The molecular formula is C30H63ClN2O2. The molecule has 5 heteroatoms. The first-order valence-corrected chi connectivity index (χ1v) is 15.2. The summed E-state index contributed by atoms with van der Waals surface area (Å²) in [6.45, 7) is 9.52. The molecule has 0 aliphatic heterocycles. The zero-order chi connectivity index (χ0) is 25.3. The fourth-order valence-electron chi connectivity index (χ4n) is 4.71. The Bertz CT molecular complexity index is 446. The van der Waals surface area contributed by atoms with E-state index in [0.29, 0.717) is 12.8 Å². The molecule has 2 N–H and O–H groups in total. The molecule has 4 nitrogen and oxygen atoms in total. The number of hydrazine groups is 1. The zero-order valence-corrected chi connectivity index (χ0v) is 25.0. The van der Waals surface area contributed by atoms with Gasteiger partial charge in [-0.15, -0.1) is 12.4 Å². The molecule has 0 unspecified atom stereocenters. The van der Waals surface area contributed by atoms with Gasteiger partial charge in [-0.1, -0.05) is 129 Å². The minimum absolute atomic E-state index is 0. The van der Waals surface area contributed by atoms with Gasteiger partial charge in [0.05, 0.1) is 0 Å². The summed E-state index contributed by atoms with van der Waals surface area (Å²) in [5.74, 6) is 0.117. The Morgan fingerprint density at radius 1 is 0.657 bits per heavy atom. The molecule has 0 bridgehead atoms. The maximum Gasteiger partial charge on any atom is 0.234 e. The van der Waals surface area contributed by atoms with Crippen LogP contribution in [0.2, 0.25) is 0 Å². The summed E-state index contributed by atoms with van der Waals surface area (Å²) in [6.07, 6.45) is 28.3. The molecule has 0 aromatic carbocycles. The number of amides is 1. The lowest BCUT2D eigenvalue weighted by molar-refractivity contribution is -0.129. The third-order valence-corrected chi connectivity index (χ3v) is 7.17. The number of halogens is 1. The maximum absolute atomic E-state index is 12.3. The van der Waals surface area contributed by atoms with E-state index in [0.717, 1.165) is 25.8 Å². The highest BCUT2D eigenvalue weighted by Gasteiger charge is 2.26. The normalized spacial score (nSPS) is 11.6. The molecule has 0 aliphatic rings. The van der Waals surface area contributed by atoms with Crippen LogP contribution in [0.4, 0.5) is 0 Å². The SMILES string of the molecule is CCCCCCCCCCCCCCCCCCCCCC(=O)NN(CCC)C(C)(C)CCO.Cl. The average Bonchev–Trinajstić information content (AvgIpc) is 2.80. The first-order valence-electron chi connectivity index (χ1n) is 15.2. The molecule has 0 saturated heterocycles. The van der Waals surface area contributed by atoms with Crippen molar-refractivity contribution in [2.24, 2.45) is 0 Å². The number of aliphatic hydroxyl groups excluding tert-OH is 1. The van der Waals surface area contributed by atoms with Crippen LogP contribution in [0.15, 0.2) is 0 Å². The van der Waals surface area contributed by atoms with Gasteiger partial charge in [-0.3, -0.25) is 10.2 Å². The van der Waals surface area contributed by atoms with Crippen molar-refractivity contribution in [2.45, 2.75) is 174 Å². The second kappa shape index (κ2) is 26.7.